The van der Waals surface area contributed by atoms with Gasteiger partial charge in [-0.15, -0.1) is 0 Å². The van der Waals surface area contributed by atoms with Crippen molar-refractivity contribution < 1.29 is 8.42 Å². The van der Waals surface area contributed by atoms with Gasteiger partial charge in [0.1, 0.15) is 0 Å². The molecule has 0 heterocycles. The van der Waals surface area contributed by atoms with Crippen LogP contribution in [-0.2, 0) is 10.0 Å². The van der Waals surface area contributed by atoms with E-state index in [-0.39, 0.29) is 5.25 Å². The highest BCUT2D eigenvalue weighted by Gasteiger charge is 2.44. The van der Waals surface area contributed by atoms with Crippen LogP contribution in [0.4, 0.5) is 0 Å². The highest BCUT2D eigenvalue weighted by atomic mass is 32.2. The number of rotatable bonds is 6. The van der Waals surface area contributed by atoms with Crippen LogP contribution in [0.5, 0.6) is 0 Å². The SMILES string of the molecule is CCCN(C(C)(C)CN)S(=O)(=O)C1CC1. The zero-order chi connectivity index (χ0) is 11.7. The van der Waals surface area contributed by atoms with E-state index >= 15 is 0 Å². The summed E-state index contributed by atoms with van der Waals surface area (Å²) in [6, 6.07) is 0. The van der Waals surface area contributed by atoms with Gasteiger partial charge in [0.05, 0.1) is 5.25 Å². The second kappa shape index (κ2) is 4.39. The maximum atomic E-state index is 12.2. The maximum absolute atomic E-state index is 12.2. The zero-order valence-electron chi connectivity index (χ0n) is 9.86. The van der Waals surface area contributed by atoms with Gasteiger partial charge < -0.3 is 5.73 Å². The van der Waals surface area contributed by atoms with Gasteiger partial charge in [0.2, 0.25) is 10.0 Å². The molecule has 2 N–H and O–H groups in total. The molecule has 1 saturated carbocycles. The molecular weight excluding hydrogens is 212 g/mol. The summed E-state index contributed by atoms with van der Waals surface area (Å²) in [5, 5.41) is -0.144. The van der Waals surface area contributed by atoms with Gasteiger partial charge in [0.25, 0.3) is 0 Å². The third-order valence-electron chi connectivity index (χ3n) is 2.85. The van der Waals surface area contributed by atoms with Crippen molar-refractivity contribution in [3.63, 3.8) is 0 Å². The molecule has 0 aromatic carbocycles. The van der Waals surface area contributed by atoms with Gasteiger partial charge in [0.15, 0.2) is 0 Å². The van der Waals surface area contributed by atoms with Crippen molar-refractivity contribution >= 4 is 10.0 Å². The Balaban J connectivity index is 2.91. The number of hydrogen-bond acceptors (Lipinski definition) is 3. The van der Waals surface area contributed by atoms with Crippen molar-refractivity contribution in [2.24, 2.45) is 5.73 Å². The first-order valence-electron chi connectivity index (χ1n) is 5.58. The molecule has 0 aromatic rings. The predicted octanol–water partition coefficient (Wildman–Crippen LogP) is 0.928. The van der Waals surface area contributed by atoms with Crippen LogP contribution in [0.15, 0.2) is 0 Å². The van der Waals surface area contributed by atoms with E-state index in [1.807, 2.05) is 20.8 Å². The molecule has 1 rings (SSSR count). The number of sulfonamides is 1. The summed E-state index contributed by atoms with van der Waals surface area (Å²) >= 11 is 0. The van der Waals surface area contributed by atoms with E-state index < -0.39 is 15.6 Å². The van der Waals surface area contributed by atoms with Gasteiger partial charge in [-0.3, -0.25) is 0 Å². The molecule has 1 aliphatic rings. The summed E-state index contributed by atoms with van der Waals surface area (Å²) in [6.45, 7) is 6.70. The van der Waals surface area contributed by atoms with Gasteiger partial charge in [-0.25, -0.2) is 8.42 Å². The first-order chi connectivity index (χ1) is 6.86. The molecule has 0 bridgehead atoms. The third-order valence-corrected chi connectivity index (χ3v) is 5.46. The number of nitrogens with zero attached hydrogens (tertiary/aromatic N) is 1. The van der Waals surface area contributed by atoms with E-state index in [9.17, 15) is 8.42 Å². The lowest BCUT2D eigenvalue weighted by molar-refractivity contribution is 0.234. The van der Waals surface area contributed by atoms with Gasteiger partial charge in [0, 0.05) is 18.6 Å². The molecule has 0 aliphatic heterocycles. The van der Waals surface area contributed by atoms with Crippen LogP contribution in [0.25, 0.3) is 0 Å². The highest BCUT2D eigenvalue weighted by Crippen LogP contribution is 2.34. The Bertz CT molecular complexity index is 307. The van der Waals surface area contributed by atoms with Crippen LogP contribution in [0.1, 0.15) is 40.0 Å². The Morgan fingerprint density at radius 1 is 1.40 bits per heavy atom. The molecule has 5 heteroatoms. The van der Waals surface area contributed by atoms with E-state index in [2.05, 4.69) is 0 Å². The minimum absolute atomic E-state index is 0.144. The largest absolute Gasteiger partial charge is 0.329 e. The van der Waals surface area contributed by atoms with E-state index in [0.717, 1.165) is 19.3 Å². The van der Waals surface area contributed by atoms with Crippen LogP contribution < -0.4 is 5.73 Å². The molecule has 0 unspecified atom stereocenters. The molecule has 0 spiro atoms. The van der Waals surface area contributed by atoms with Crippen LogP contribution >= 0.6 is 0 Å². The van der Waals surface area contributed by atoms with Crippen LogP contribution in [0, 0.1) is 0 Å². The predicted molar refractivity (Wildman–Crippen MR) is 62.1 cm³/mol. The lowest BCUT2D eigenvalue weighted by atomic mass is 10.1. The molecule has 0 radical (unpaired) electrons. The van der Waals surface area contributed by atoms with Crippen LogP contribution in [0.2, 0.25) is 0 Å². The quantitative estimate of drug-likeness (QED) is 0.743. The Hall–Kier alpha value is -0.130. The summed E-state index contributed by atoms with van der Waals surface area (Å²) in [7, 11) is -3.11. The van der Waals surface area contributed by atoms with Crippen LogP contribution in [0.3, 0.4) is 0 Å². The molecule has 1 aliphatic carbocycles. The van der Waals surface area contributed by atoms with E-state index in [4.69, 9.17) is 5.73 Å². The van der Waals surface area contributed by atoms with E-state index in [0.29, 0.717) is 13.1 Å². The standard InChI is InChI=1S/C10H22N2O2S/c1-4-7-12(10(2,3)8-11)15(13,14)9-5-6-9/h9H,4-8,11H2,1-3H3. The monoisotopic (exact) mass is 234 g/mol. The van der Waals surface area contributed by atoms with E-state index in [1.165, 1.54) is 0 Å². The average Bonchev–Trinajstić information content (AvgIpc) is 2.96. The Morgan fingerprint density at radius 3 is 2.27 bits per heavy atom. The van der Waals surface area contributed by atoms with Crippen molar-refractivity contribution in [1.82, 2.24) is 4.31 Å². The minimum Gasteiger partial charge on any atom is -0.329 e. The molecule has 90 valence electrons. The van der Waals surface area contributed by atoms with Gasteiger partial charge in [-0.2, -0.15) is 4.31 Å². The fraction of sp³-hybridized carbons (Fsp3) is 1.00. The Morgan fingerprint density at radius 2 is 1.93 bits per heavy atom. The molecule has 4 nitrogen and oxygen atoms in total. The number of nitrogens with two attached hydrogens (primary N) is 1. The fourth-order valence-corrected chi connectivity index (χ4v) is 3.92. The fourth-order valence-electron chi connectivity index (χ4n) is 1.63. The zero-order valence-corrected chi connectivity index (χ0v) is 10.7. The first kappa shape index (κ1) is 12.9. The van der Waals surface area contributed by atoms with Crippen molar-refractivity contribution in [3.05, 3.63) is 0 Å². The van der Waals surface area contributed by atoms with Crippen molar-refractivity contribution in [2.45, 2.75) is 50.8 Å². The second-order valence-corrected chi connectivity index (χ2v) is 6.97. The van der Waals surface area contributed by atoms with Crippen molar-refractivity contribution in [2.75, 3.05) is 13.1 Å². The first-order valence-corrected chi connectivity index (χ1v) is 7.08. The normalized spacial score (nSPS) is 18.5. The molecular formula is C10H22N2O2S. The third kappa shape index (κ3) is 2.71. The lowest BCUT2D eigenvalue weighted by Crippen LogP contribution is -2.53. The van der Waals surface area contributed by atoms with Crippen molar-refractivity contribution in [3.8, 4) is 0 Å². The molecule has 1 fully saturated rings. The molecule has 15 heavy (non-hydrogen) atoms. The average molecular weight is 234 g/mol. The highest BCUT2D eigenvalue weighted by molar-refractivity contribution is 7.90. The molecule has 0 saturated heterocycles. The molecule has 0 aromatic heterocycles. The van der Waals surface area contributed by atoms with Gasteiger partial charge >= 0.3 is 0 Å². The molecule has 0 amide bonds. The smallest absolute Gasteiger partial charge is 0.217 e. The summed E-state index contributed by atoms with van der Waals surface area (Å²) in [5.41, 5.74) is 5.19. The summed E-state index contributed by atoms with van der Waals surface area (Å²) < 4.78 is 25.9. The molecule has 0 atom stereocenters. The Labute approximate surface area is 92.9 Å². The van der Waals surface area contributed by atoms with Crippen molar-refractivity contribution in [1.29, 1.82) is 0 Å². The number of hydrogen-bond donors (Lipinski definition) is 1. The minimum atomic E-state index is -3.11. The lowest BCUT2D eigenvalue weighted by Gasteiger charge is -2.36. The van der Waals surface area contributed by atoms with Crippen LogP contribution in [-0.4, -0.2) is 36.6 Å². The second-order valence-electron chi connectivity index (χ2n) is 4.83. The summed E-state index contributed by atoms with van der Waals surface area (Å²) in [4.78, 5) is 0. The van der Waals surface area contributed by atoms with E-state index in [1.54, 1.807) is 4.31 Å². The topological polar surface area (TPSA) is 63.4 Å². The maximum Gasteiger partial charge on any atom is 0.217 e. The summed E-state index contributed by atoms with van der Waals surface area (Å²) in [5.74, 6) is 0. The van der Waals surface area contributed by atoms with Gasteiger partial charge in [-0.1, -0.05) is 6.92 Å². The summed E-state index contributed by atoms with van der Waals surface area (Å²) in [6.07, 6.45) is 2.45. The Kier molecular flexibility index (Phi) is 3.79. The van der Waals surface area contributed by atoms with Gasteiger partial charge in [-0.05, 0) is 33.1 Å².